The average Bonchev–Trinajstić information content (AvgIpc) is 2.38. The van der Waals surface area contributed by atoms with E-state index >= 15 is 0 Å². The van der Waals surface area contributed by atoms with E-state index in [9.17, 15) is 4.79 Å². The van der Waals surface area contributed by atoms with E-state index in [0.29, 0.717) is 5.92 Å². The second-order valence-electron chi connectivity index (χ2n) is 6.55. The Morgan fingerprint density at radius 3 is 2.58 bits per heavy atom. The maximum atomic E-state index is 12.3. The quantitative estimate of drug-likeness (QED) is 0.751. The lowest BCUT2D eigenvalue weighted by atomic mass is 9.90. The average molecular weight is 269 g/mol. The van der Waals surface area contributed by atoms with Gasteiger partial charge < -0.3 is 20.3 Å². The monoisotopic (exact) mass is 269 g/mol. The second-order valence-corrected chi connectivity index (χ2v) is 6.55. The predicted octanol–water partition coefficient (Wildman–Crippen LogP) is 1.19. The van der Waals surface area contributed by atoms with Gasteiger partial charge in [0.15, 0.2) is 0 Å². The van der Waals surface area contributed by atoms with Crippen LogP contribution in [0.5, 0.6) is 0 Å². The molecule has 0 bridgehead atoms. The number of ether oxygens (including phenoxy) is 1. The smallest absolute Gasteiger partial charge is 0.410 e. The van der Waals surface area contributed by atoms with Crippen molar-refractivity contribution < 1.29 is 9.53 Å². The van der Waals surface area contributed by atoms with Gasteiger partial charge in [-0.15, -0.1) is 0 Å². The van der Waals surface area contributed by atoms with Gasteiger partial charge in [-0.25, -0.2) is 4.79 Å². The number of piperidine rings is 1. The topological polar surface area (TPSA) is 53.6 Å². The minimum absolute atomic E-state index is 0.162. The molecule has 0 radical (unpaired) electrons. The fourth-order valence-corrected chi connectivity index (χ4v) is 2.90. The summed E-state index contributed by atoms with van der Waals surface area (Å²) in [5.41, 5.74) is -0.419. The van der Waals surface area contributed by atoms with Crippen LogP contribution in [0.25, 0.3) is 0 Å². The van der Waals surface area contributed by atoms with Crippen molar-refractivity contribution in [3.8, 4) is 0 Å². The van der Waals surface area contributed by atoms with Crippen LogP contribution in [0, 0.1) is 5.92 Å². The lowest BCUT2D eigenvalue weighted by molar-refractivity contribution is 0.00265. The summed E-state index contributed by atoms with van der Waals surface area (Å²) in [6.07, 6.45) is 2.23. The van der Waals surface area contributed by atoms with Crippen molar-refractivity contribution in [2.75, 3.05) is 32.7 Å². The molecular formula is C14H27N3O2. The van der Waals surface area contributed by atoms with Gasteiger partial charge in [0, 0.05) is 19.6 Å². The van der Waals surface area contributed by atoms with E-state index in [-0.39, 0.29) is 12.1 Å². The van der Waals surface area contributed by atoms with Crippen LogP contribution in [0.3, 0.4) is 0 Å². The molecule has 0 saturated carbocycles. The Hall–Kier alpha value is -0.810. The van der Waals surface area contributed by atoms with Gasteiger partial charge in [0.1, 0.15) is 5.60 Å². The van der Waals surface area contributed by atoms with Gasteiger partial charge in [-0.05, 0) is 52.6 Å². The van der Waals surface area contributed by atoms with Crippen LogP contribution in [0.1, 0.15) is 33.6 Å². The van der Waals surface area contributed by atoms with Crippen LogP contribution < -0.4 is 10.6 Å². The van der Waals surface area contributed by atoms with E-state index in [1.165, 1.54) is 12.8 Å². The molecule has 0 spiro atoms. The molecule has 0 aromatic carbocycles. The first kappa shape index (κ1) is 14.6. The Balaban J connectivity index is 2.00. The number of hydrogen-bond donors (Lipinski definition) is 2. The molecule has 2 rings (SSSR count). The molecule has 0 aromatic rings. The van der Waals surface area contributed by atoms with Crippen molar-refractivity contribution >= 4 is 6.09 Å². The molecule has 2 atom stereocenters. The molecule has 2 heterocycles. The third-order valence-corrected chi connectivity index (χ3v) is 3.79. The van der Waals surface area contributed by atoms with Crippen LogP contribution in [0.2, 0.25) is 0 Å². The van der Waals surface area contributed by atoms with Crippen LogP contribution in [0.15, 0.2) is 0 Å². The zero-order valence-electron chi connectivity index (χ0n) is 12.4. The van der Waals surface area contributed by atoms with Gasteiger partial charge in [0.05, 0.1) is 6.04 Å². The summed E-state index contributed by atoms with van der Waals surface area (Å²) < 4.78 is 5.54. The molecule has 2 N–H and O–H groups in total. The van der Waals surface area contributed by atoms with Crippen LogP contribution in [0.4, 0.5) is 4.79 Å². The summed E-state index contributed by atoms with van der Waals surface area (Å²) in [6.45, 7) is 10.4. The van der Waals surface area contributed by atoms with Crippen molar-refractivity contribution in [1.29, 1.82) is 0 Å². The number of carbonyl (C=O) groups is 1. The zero-order valence-corrected chi connectivity index (χ0v) is 12.4. The maximum absolute atomic E-state index is 12.3. The van der Waals surface area contributed by atoms with Gasteiger partial charge in [-0.1, -0.05) is 0 Å². The van der Waals surface area contributed by atoms with Gasteiger partial charge in [0.25, 0.3) is 0 Å². The largest absolute Gasteiger partial charge is 0.444 e. The van der Waals surface area contributed by atoms with Crippen molar-refractivity contribution in [2.45, 2.75) is 45.3 Å². The highest BCUT2D eigenvalue weighted by atomic mass is 16.6. The maximum Gasteiger partial charge on any atom is 0.410 e. The highest BCUT2D eigenvalue weighted by Crippen LogP contribution is 2.22. The zero-order chi connectivity index (χ0) is 13.9. The molecule has 19 heavy (non-hydrogen) atoms. The summed E-state index contributed by atoms with van der Waals surface area (Å²) >= 11 is 0. The molecule has 110 valence electrons. The molecule has 2 unspecified atom stereocenters. The lowest BCUT2D eigenvalue weighted by Gasteiger charge is -2.42. The number of nitrogens with one attached hydrogen (secondary N) is 2. The molecule has 1 amide bonds. The molecular weight excluding hydrogens is 242 g/mol. The SMILES string of the molecule is CC(C)(C)OC(=O)N1CCNCC1C1CCCNC1. The van der Waals surface area contributed by atoms with E-state index < -0.39 is 5.60 Å². The third kappa shape index (κ3) is 4.08. The first-order valence-corrected chi connectivity index (χ1v) is 7.38. The molecule has 2 saturated heterocycles. The van der Waals surface area contributed by atoms with Crippen LogP contribution in [-0.2, 0) is 4.74 Å². The van der Waals surface area contributed by atoms with E-state index in [2.05, 4.69) is 10.6 Å². The molecule has 2 fully saturated rings. The molecule has 5 nitrogen and oxygen atoms in total. The summed E-state index contributed by atoms with van der Waals surface area (Å²) in [7, 11) is 0. The molecule has 5 heteroatoms. The molecule has 2 aliphatic heterocycles. The van der Waals surface area contributed by atoms with E-state index in [0.717, 1.165) is 32.7 Å². The Labute approximate surface area is 116 Å². The fourth-order valence-electron chi connectivity index (χ4n) is 2.90. The van der Waals surface area contributed by atoms with Crippen molar-refractivity contribution in [2.24, 2.45) is 5.92 Å². The van der Waals surface area contributed by atoms with Crippen molar-refractivity contribution in [1.82, 2.24) is 15.5 Å². The van der Waals surface area contributed by atoms with Gasteiger partial charge in [0.2, 0.25) is 0 Å². The van der Waals surface area contributed by atoms with E-state index in [4.69, 9.17) is 4.74 Å². The highest BCUT2D eigenvalue weighted by molar-refractivity contribution is 5.68. The van der Waals surface area contributed by atoms with E-state index in [1.54, 1.807) is 0 Å². The Morgan fingerprint density at radius 1 is 1.21 bits per heavy atom. The van der Waals surface area contributed by atoms with Gasteiger partial charge in [-0.2, -0.15) is 0 Å². The standard InChI is InChI=1S/C14H27N3O2/c1-14(2,3)19-13(18)17-8-7-16-10-12(17)11-5-4-6-15-9-11/h11-12,15-16H,4-10H2,1-3H3. The van der Waals surface area contributed by atoms with Crippen molar-refractivity contribution in [3.05, 3.63) is 0 Å². The third-order valence-electron chi connectivity index (χ3n) is 3.79. The van der Waals surface area contributed by atoms with Gasteiger partial charge in [-0.3, -0.25) is 0 Å². The Kier molecular flexibility index (Phi) is 4.68. The summed E-state index contributed by atoms with van der Waals surface area (Å²) in [5, 5.41) is 6.84. The fraction of sp³-hybridized carbons (Fsp3) is 0.929. The Bertz CT molecular complexity index is 308. The summed E-state index contributed by atoms with van der Waals surface area (Å²) in [4.78, 5) is 14.3. The number of piperazine rings is 1. The first-order valence-electron chi connectivity index (χ1n) is 7.38. The van der Waals surface area contributed by atoms with Gasteiger partial charge >= 0.3 is 6.09 Å². The number of hydrogen-bond acceptors (Lipinski definition) is 4. The number of amides is 1. The van der Waals surface area contributed by atoms with Crippen LogP contribution in [-0.4, -0.2) is 55.4 Å². The predicted molar refractivity (Wildman–Crippen MR) is 75.2 cm³/mol. The first-order chi connectivity index (χ1) is 8.97. The molecule has 0 aromatic heterocycles. The minimum Gasteiger partial charge on any atom is -0.444 e. The van der Waals surface area contributed by atoms with Crippen molar-refractivity contribution in [3.63, 3.8) is 0 Å². The summed E-state index contributed by atoms with van der Waals surface area (Å²) in [6, 6.07) is 0.261. The number of nitrogens with zero attached hydrogens (tertiary/aromatic N) is 1. The van der Waals surface area contributed by atoms with E-state index in [1.807, 2.05) is 25.7 Å². The Morgan fingerprint density at radius 2 is 1.95 bits per heavy atom. The number of rotatable bonds is 1. The summed E-state index contributed by atoms with van der Waals surface area (Å²) in [5.74, 6) is 0.536. The number of carbonyl (C=O) groups excluding carboxylic acids is 1. The lowest BCUT2D eigenvalue weighted by Crippen LogP contribution is -2.59. The highest BCUT2D eigenvalue weighted by Gasteiger charge is 2.35. The van der Waals surface area contributed by atoms with Crippen LogP contribution >= 0.6 is 0 Å². The minimum atomic E-state index is -0.419. The second kappa shape index (κ2) is 6.09. The normalized spacial score (nSPS) is 29.1. The molecule has 0 aliphatic carbocycles. The molecule has 2 aliphatic rings.